The van der Waals surface area contributed by atoms with E-state index in [-0.39, 0.29) is 0 Å². The highest BCUT2D eigenvalue weighted by Gasteiger charge is 2.45. The Morgan fingerprint density at radius 1 is 1.23 bits per heavy atom. The van der Waals surface area contributed by atoms with Gasteiger partial charge in [0.05, 0.1) is 6.04 Å². The molecule has 0 bridgehead atoms. The monoisotopic (exact) mass is 193 g/mol. The summed E-state index contributed by atoms with van der Waals surface area (Å²) in [5, 5.41) is 35.8. The lowest BCUT2D eigenvalue weighted by Crippen LogP contribution is -2.62. The van der Waals surface area contributed by atoms with Gasteiger partial charge >= 0.3 is 5.97 Å². The Bertz CT molecular complexity index is 209. The van der Waals surface area contributed by atoms with Crippen molar-refractivity contribution in [1.82, 2.24) is 0 Å². The molecule has 0 aliphatic carbocycles. The van der Waals surface area contributed by atoms with Crippen LogP contribution < -0.4 is 5.73 Å². The minimum Gasteiger partial charge on any atom is -0.479 e. The number of carboxylic acid groups (broad SMARTS) is 1. The Morgan fingerprint density at radius 3 is 2.23 bits per heavy atom. The molecular weight excluding hydrogens is 182 g/mol. The Morgan fingerprint density at radius 2 is 1.77 bits per heavy atom. The Labute approximate surface area is 73.4 Å². The maximum absolute atomic E-state index is 10.4. The molecule has 0 aromatic rings. The number of aliphatic hydroxyl groups excluding tert-OH is 3. The van der Waals surface area contributed by atoms with Crippen LogP contribution in [0.15, 0.2) is 0 Å². The first-order chi connectivity index (χ1) is 5.95. The van der Waals surface area contributed by atoms with Crippen LogP contribution in [0.5, 0.6) is 0 Å². The molecule has 7 nitrogen and oxygen atoms in total. The lowest BCUT2D eigenvalue weighted by molar-refractivity contribution is -0.244. The average molecular weight is 193 g/mol. The summed E-state index contributed by atoms with van der Waals surface area (Å²) in [5.74, 6) is -1.46. The van der Waals surface area contributed by atoms with Gasteiger partial charge in [-0.3, -0.25) is 0 Å². The molecule has 0 unspecified atom stereocenters. The van der Waals surface area contributed by atoms with Crippen LogP contribution in [-0.4, -0.2) is 57.0 Å². The quantitative estimate of drug-likeness (QED) is 0.296. The molecule has 0 aromatic carbocycles. The lowest BCUT2D eigenvalue weighted by Gasteiger charge is -2.36. The molecule has 1 saturated heterocycles. The zero-order chi connectivity index (χ0) is 10.2. The first kappa shape index (κ1) is 10.4. The van der Waals surface area contributed by atoms with Gasteiger partial charge in [0.15, 0.2) is 12.4 Å². The van der Waals surface area contributed by atoms with E-state index in [1.54, 1.807) is 0 Å². The van der Waals surface area contributed by atoms with Crippen LogP contribution in [0.3, 0.4) is 0 Å². The van der Waals surface area contributed by atoms with E-state index in [2.05, 4.69) is 4.74 Å². The third kappa shape index (κ3) is 1.79. The van der Waals surface area contributed by atoms with Crippen molar-refractivity contribution in [2.75, 3.05) is 0 Å². The fourth-order valence-corrected chi connectivity index (χ4v) is 1.10. The smallest absolute Gasteiger partial charge is 0.335 e. The molecule has 1 aliphatic heterocycles. The van der Waals surface area contributed by atoms with E-state index in [1.165, 1.54) is 0 Å². The molecule has 0 spiro atoms. The van der Waals surface area contributed by atoms with Crippen molar-refractivity contribution >= 4 is 5.97 Å². The molecule has 0 radical (unpaired) electrons. The predicted octanol–water partition coefficient (Wildman–Crippen LogP) is -3.16. The second kappa shape index (κ2) is 3.56. The summed E-state index contributed by atoms with van der Waals surface area (Å²) in [6, 6.07) is -1.20. The Hall–Kier alpha value is -0.730. The van der Waals surface area contributed by atoms with E-state index in [1.807, 2.05) is 0 Å². The SMILES string of the molecule is N[C@@H]1[C@@H](O)[C@H](O)[C@@H](C(=O)O)O[C@H]1O. The minimum atomic E-state index is -1.65. The molecule has 0 aromatic heterocycles. The van der Waals surface area contributed by atoms with Gasteiger partial charge in [-0.1, -0.05) is 0 Å². The number of hydrogen-bond acceptors (Lipinski definition) is 6. The summed E-state index contributed by atoms with van der Waals surface area (Å²) in [6.07, 6.45) is -6.37. The van der Waals surface area contributed by atoms with E-state index in [9.17, 15) is 4.79 Å². The molecule has 7 heteroatoms. The van der Waals surface area contributed by atoms with E-state index in [0.717, 1.165) is 0 Å². The summed E-state index contributed by atoms with van der Waals surface area (Å²) in [4.78, 5) is 10.4. The number of aliphatic carboxylic acids is 1. The van der Waals surface area contributed by atoms with E-state index < -0.39 is 36.6 Å². The molecule has 1 rings (SSSR count). The van der Waals surface area contributed by atoms with Gasteiger partial charge in [0.2, 0.25) is 0 Å². The summed E-state index contributed by atoms with van der Waals surface area (Å²) in [6.45, 7) is 0. The number of hydrogen-bond donors (Lipinski definition) is 5. The number of carboxylic acids is 1. The van der Waals surface area contributed by atoms with Gasteiger partial charge in [-0.05, 0) is 0 Å². The van der Waals surface area contributed by atoms with Crippen LogP contribution in [0, 0.1) is 0 Å². The number of rotatable bonds is 1. The van der Waals surface area contributed by atoms with Crippen LogP contribution in [0.25, 0.3) is 0 Å². The second-order valence-electron chi connectivity index (χ2n) is 2.84. The Balaban J connectivity index is 2.76. The maximum Gasteiger partial charge on any atom is 0.335 e. The standard InChI is InChI=1S/C6H11NO6/c7-1-2(8)3(9)4(5(10)11)13-6(1)12/h1-4,6,8-9,12H,7H2,(H,10,11)/t1-,2-,3+,4+,6-/m1/s1. The molecular formula is C6H11NO6. The number of carbonyl (C=O) groups is 1. The zero-order valence-corrected chi connectivity index (χ0v) is 6.57. The van der Waals surface area contributed by atoms with Crippen LogP contribution in [-0.2, 0) is 9.53 Å². The number of ether oxygens (including phenoxy) is 1. The first-order valence-electron chi connectivity index (χ1n) is 3.63. The molecule has 76 valence electrons. The van der Waals surface area contributed by atoms with E-state index in [4.69, 9.17) is 26.2 Å². The van der Waals surface area contributed by atoms with Crippen molar-refractivity contribution in [3.63, 3.8) is 0 Å². The predicted molar refractivity (Wildman–Crippen MR) is 38.5 cm³/mol. The Kier molecular flexibility index (Phi) is 2.84. The van der Waals surface area contributed by atoms with Crippen LogP contribution >= 0.6 is 0 Å². The van der Waals surface area contributed by atoms with Gasteiger partial charge in [-0.25, -0.2) is 4.79 Å². The third-order valence-electron chi connectivity index (χ3n) is 1.91. The van der Waals surface area contributed by atoms with E-state index in [0.29, 0.717) is 0 Å². The second-order valence-corrected chi connectivity index (χ2v) is 2.84. The average Bonchev–Trinajstić information content (AvgIpc) is 2.07. The summed E-state index contributed by atoms with van der Waals surface area (Å²) >= 11 is 0. The summed E-state index contributed by atoms with van der Waals surface area (Å²) < 4.78 is 4.46. The number of aliphatic hydroxyl groups is 3. The lowest BCUT2D eigenvalue weighted by atomic mass is 9.98. The van der Waals surface area contributed by atoms with Gasteiger partial charge in [0.1, 0.15) is 12.2 Å². The van der Waals surface area contributed by atoms with E-state index >= 15 is 0 Å². The first-order valence-corrected chi connectivity index (χ1v) is 3.63. The van der Waals surface area contributed by atoms with Crippen molar-refractivity contribution in [2.45, 2.75) is 30.6 Å². The van der Waals surface area contributed by atoms with Crippen molar-refractivity contribution in [3.05, 3.63) is 0 Å². The maximum atomic E-state index is 10.4. The molecule has 1 aliphatic rings. The van der Waals surface area contributed by atoms with Crippen molar-refractivity contribution in [3.8, 4) is 0 Å². The zero-order valence-electron chi connectivity index (χ0n) is 6.57. The van der Waals surface area contributed by atoms with Gasteiger partial charge < -0.3 is 30.9 Å². The summed E-state index contributed by atoms with van der Waals surface area (Å²) in [5.41, 5.74) is 5.20. The van der Waals surface area contributed by atoms with Gasteiger partial charge in [0, 0.05) is 0 Å². The molecule has 1 heterocycles. The minimum absolute atomic E-state index is 1.20. The van der Waals surface area contributed by atoms with Crippen LogP contribution in [0.4, 0.5) is 0 Å². The van der Waals surface area contributed by atoms with Gasteiger partial charge in [-0.2, -0.15) is 0 Å². The molecule has 6 N–H and O–H groups in total. The molecule has 0 saturated carbocycles. The molecule has 13 heavy (non-hydrogen) atoms. The number of nitrogens with two attached hydrogens (primary N) is 1. The largest absolute Gasteiger partial charge is 0.479 e. The van der Waals surface area contributed by atoms with Gasteiger partial charge in [-0.15, -0.1) is 0 Å². The molecule has 5 atom stereocenters. The molecule has 0 amide bonds. The van der Waals surface area contributed by atoms with Gasteiger partial charge in [0.25, 0.3) is 0 Å². The topological polar surface area (TPSA) is 133 Å². The fraction of sp³-hybridized carbons (Fsp3) is 0.833. The van der Waals surface area contributed by atoms with Crippen molar-refractivity contribution < 1.29 is 30.0 Å². The van der Waals surface area contributed by atoms with Crippen molar-refractivity contribution in [2.24, 2.45) is 5.73 Å². The van der Waals surface area contributed by atoms with Crippen LogP contribution in [0.1, 0.15) is 0 Å². The highest BCUT2D eigenvalue weighted by Crippen LogP contribution is 2.18. The normalized spacial score (nSPS) is 46.0. The fourth-order valence-electron chi connectivity index (χ4n) is 1.10. The van der Waals surface area contributed by atoms with Crippen LogP contribution in [0.2, 0.25) is 0 Å². The molecule has 1 fully saturated rings. The highest BCUT2D eigenvalue weighted by atomic mass is 16.6. The van der Waals surface area contributed by atoms with Crippen molar-refractivity contribution in [1.29, 1.82) is 0 Å². The highest BCUT2D eigenvalue weighted by molar-refractivity contribution is 5.73. The third-order valence-corrected chi connectivity index (χ3v) is 1.91. The summed E-state index contributed by atoms with van der Waals surface area (Å²) in [7, 11) is 0.